The molecule has 1 aliphatic heterocycles. The Balaban J connectivity index is 1.78. The van der Waals surface area contributed by atoms with Crippen LogP contribution in [-0.2, 0) is 9.84 Å². The maximum absolute atomic E-state index is 11.3. The lowest BCUT2D eigenvalue weighted by molar-refractivity contribution is 0.413. The molecule has 0 amide bonds. The molecule has 5 nitrogen and oxygen atoms in total. The summed E-state index contributed by atoms with van der Waals surface area (Å²) in [5.74, 6) is 1.96. The Bertz CT molecular complexity index is 569. The Hall–Kier alpha value is -1.34. The van der Waals surface area contributed by atoms with Crippen LogP contribution >= 0.6 is 12.2 Å². The van der Waals surface area contributed by atoms with Crippen LogP contribution in [-0.4, -0.2) is 38.8 Å². The van der Waals surface area contributed by atoms with E-state index in [1.54, 1.807) is 31.4 Å². The number of hydrogen-bond donors (Lipinski definition) is 1. The SMILES string of the molecule is COc1ccc(OC(=S)NCC2CCS(=O)(=O)C2)cc1. The maximum Gasteiger partial charge on any atom is 0.262 e. The van der Waals surface area contributed by atoms with Gasteiger partial charge in [-0.25, -0.2) is 8.42 Å². The lowest BCUT2D eigenvalue weighted by Crippen LogP contribution is -2.31. The fourth-order valence-electron chi connectivity index (χ4n) is 2.05. The van der Waals surface area contributed by atoms with Crippen LogP contribution < -0.4 is 14.8 Å². The Labute approximate surface area is 124 Å². The molecule has 1 fully saturated rings. The van der Waals surface area contributed by atoms with Crippen molar-refractivity contribution in [3.8, 4) is 11.5 Å². The molecule has 0 spiro atoms. The molecule has 1 aromatic carbocycles. The van der Waals surface area contributed by atoms with E-state index in [2.05, 4.69) is 5.32 Å². The molecule has 0 aliphatic carbocycles. The van der Waals surface area contributed by atoms with E-state index in [1.165, 1.54) is 0 Å². The third-order valence-corrected chi connectivity index (χ3v) is 5.20. The van der Waals surface area contributed by atoms with Crippen molar-refractivity contribution < 1.29 is 17.9 Å². The van der Waals surface area contributed by atoms with E-state index in [1.807, 2.05) is 0 Å². The van der Waals surface area contributed by atoms with Gasteiger partial charge >= 0.3 is 0 Å². The van der Waals surface area contributed by atoms with Crippen LogP contribution in [0, 0.1) is 5.92 Å². The van der Waals surface area contributed by atoms with Gasteiger partial charge in [-0.05, 0) is 48.8 Å². The van der Waals surface area contributed by atoms with E-state index in [0.29, 0.717) is 18.7 Å². The molecule has 0 radical (unpaired) electrons. The van der Waals surface area contributed by atoms with Crippen molar-refractivity contribution in [2.75, 3.05) is 25.2 Å². The van der Waals surface area contributed by atoms with Crippen LogP contribution in [0.2, 0.25) is 0 Å². The first kappa shape index (κ1) is 15.1. The quantitative estimate of drug-likeness (QED) is 0.847. The normalized spacial score (nSPS) is 20.4. The van der Waals surface area contributed by atoms with Gasteiger partial charge in [-0.3, -0.25) is 0 Å². The van der Waals surface area contributed by atoms with Crippen LogP contribution in [0.25, 0.3) is 0 Å². The van der Waals surface area contributed by atoms with Crippen LogP contribution in [0.1, 0.15) is 6.42 Å². The van der Waals surface area contributed by atoms with Crippen LogP contribution in [0.3, 0.4) is 0 Å². The number of sulfone groups is 1. The van der Waals surface area contributed by atoms with Gasteiger partial charge in [0.2, 0.25) is 0 Å². The summed E-state index contributed by atoms with van der Waals surface area (Å²) >= 11 is 5.08. The molecule has 1 aromatic rings. The van der Waals surface area contributed by atoms with E-state index in [-0.39, 0.29) is 22.6 Å². The second-order valence-corrected chi connectivity index (χ2v) is 7.31. The molecule has 1 aliphatic rings. The minimum atomic E-state index is -2.85. The van der Waals surface area contributed by atoms with Gasteiger partial charge in [-0.15, -0.1) is 0 Å². The Morgan fingerprint density at radius 3 is 2.55 bits per heavy atom. The second kappa shape index (κ2) is 6.41. The zero-order valence-electron chi connectivity index (χ0n) is 11.2. The summed E-state index contributed by atoms with van der Waals surface area (Å²) in [6.07, 6.45) is 0.681. The predicted molar refractivity (Wildman–Crippen MR) is 81.0 cm³/mol. The van der Waals surface area contributed by atoms with Crippen LogP contribution in [0.15, 0.2) is 24.3 Å². The van der Waals surface area contributed by atoms with Crippen LogP contribution in [0.5, 0.6) is 11.5 Å². The summed E-state index contributed by atoms with van der Waals surface area (Å²) < 4.78 is 33.2. The lowest BCUT2D eigenvalue weighted by Gasteiger charge is -2.12. The molecule has 0 saturated carbocycles. The summed E-state index contributed by atoms with van der Waals surface area (Å²) in [6.45, 7) is 0.522. The van der Waals surface area contributed by atoms with Crippen LogP contribution in [0.4, 0.5) is 0 Å². The van der Waals surface area contributed by atoms with Gasteiger partial charge in [-0.2, -0.15) is 0 Å². The van der Waals surface area contributed by atoms with E-state index < -0.39 is 9.84 Å². The zero-order chi connectivity index (χ0) is 14.6. The standard InChI is InChI=1S/C13H17NO4S2/c1-17-11-2-4-12(5-3-11)18-13(19)14-8-10-6-7-20(15,16)9-10/h2-5,10H,6-9H2,1H3,(H,14,19). The molecule has 2 rings (SSSR count). The number of nitrogens with one attached hydrogen (secondary N) is 1. The van der Waals surface area contributed by atoms with Crippen molar-refractivity contribution in [2.45, 2.75) is 6.42 Å². The molecule has 1 saturated heterocycles. The number of benzene rings is 1. The van der Waals surface area contributed by atoms with E-state index >= 15 is 0 Å². The first-order valence-electron chi connectivity index (χ1n) is 6.29. The smallest absolute Gasteiger partial charge is 0.262 e. The molecule has 1 N–H and O–H groups in total. The molecule has 0 aromatic heterocycles. The van der Waals surface area contributed by atoms with Crippen molar-refractivity contribution in [2.24, 2.45) is 5.92 Å². The molecule has 1 atom stereocenters. The highest BCUT2D eigenvalue weighted by Crippen LogP contribution is 2.18. The number of hydrogen-bond acceptors (Lipinski definition) is 5. The van der Waals surface area contributed by atoms with E-state index in [0.717, 1.165) is 5.75 Å². The van der Waals surface area contributed by atoms with Gasteiger partial charge in [0.05, 0.1) is 18.6 Å². The fraction of sp³-hybridized carbons (Fsp3) is 0.462. The molecule has 1 heterocycles. The summed E-state index contributed by atoms with van der Waals surface area (Å²) in [5.41, 5.74) is 0. The second-order valence-electron chi connectivity index (χ2n) is 4.72. The third kappa shape index (κ3) is 4.35. The van der Waals surface area contributed by atoms with Gasteiger partial charge in [0.25, 0.3) is 5.17 Å². The van der Waals surface area contributed by atoms with Gasteiger partial charge in [-0.1, -0.05) is 0 Å². The average molecular weight is 315 g/mol. The number of rotatable bonds is 4. The molecule has 20 heavy (non-hydrogen) atoms. The topological polar surface area (TPSA) is 64.6 Å². The molecular weight excluding hydrogens is 298 g/mol. The molecule has 0 bridgehead atoms. The summed E-state index contributed by atoms with van der Waals surface area (Å²) in [7, 11) is -1.25. The third-order valence-electron chi connectivity index (χ3n) is 3.13. The van der Waals surface area contributed by atoms with Crippen molar-refractivity contribution in [1.82, 2.24) is 5.32 Å². The van der Waals surface area contributed by atoms with Gasteiger partial charge in [0, 0.05) is 6.54 Å². The first-order valence-corrected chi connectivity index (χ1v) is 8.51. The average Bonchev–Trinajstić information content (AvgIpc) is 2.77. The Morgan fingerprint density at radius 2 is 2.00 bits per heavy atom. The monoisotopic (exact) mass is 315 g/mol. The number of methoxy groups -OCH3 is 1. The minimum absolute atomic E-state index is 0.109. The van der Waals surface area contributed by atoms with Crippen molar-refractivity contribution >= 4 is 27.2 Å². The van der Waals surface area contributed by atoms with Gasteiger partial charge in [0.15, 0.2) is 9.84 Å². The highest BCUT2D eigenvalue weighted by atomic mass is 32.2. The molecule has 1 unspecified atom stereocenters. The lowest BCUT2D eigenvalue weighted by atomic mass is 10.1. The predicted octanol–water partition coefficient (Wildman–Crippen LogP) is 1.38. The van der Waals surface area contributed by atoms with E-state index in [4.69, 9.17) is 21.7 Å². The van der Waals surface area contributed by atoms with Crippen molar-refractivity contribution in [1.29, 1.82) is 0 Å². The highest BCUT2D eigenvalue weighted by Gasteiger charge is 2.27. The number of ether oxygens (including phenoxy) is 2. The Kier molecular flexibility index (Phi) is 4.82. The highest BCUT2D eigenvalue weighted by molar-refractivity contribution is 7.91. The molecular formula is C13H17NO4S2. The zero-order valence-corrected chi connectivity index (χ0v) is 12.8. The molecule has 7 heteroatoms. The Morgan fingerprint density at radius 1 is 1.35 bits per heavy atom. The van der Waals surface area contributed by atoms with Gasteiger partial charge < -0.3 is 14.8 Å². The first-order chi connectivity index (χ1) is 9.48. The summed E-state index contributed by atoms with van der Waals surface area (Å²) in [4.78, 5) is 0. The number of thiocarbonyl (C=S) groups is 1. The molecule has 110 valence electrons. The van der Waals surface area contributed by atoms with Gasteiger partial charge in [0.1, 0.15) is 11.5 Å². The van der Waals surface area contributed by atoms with Crippen molar-refractivity contribution in [3.63, 3.8) is 0 Å². The fourth-order valence-corrected chi connectivity index (χ4v) is 4.09. The van der Waals surface area contributed by atoms with Crippen molar-refractivity contribution in [3.05, 3.63) is 24.3 Å². The van der Waals surface area contributed by atoms with E-state index in [9.17, 15) is 8.42 Å². The summed E-state index contributed by atoms with van der Waals surface area (Å²) in [5, 5.41) is 3.20. The maximum atomic E-state index is 11.3. The largest absolute Gasteiger partial charge is 0.497 e. The minimum Gasteiger partial charge on any atom is -0.497 e. The summed E-state index contributed by atoms with van der Waals surface area (Å²) in [6, 6.07) is 7.07.